The summed E-state index contributed by atoms with van der Waals surface area (Å²) in [6, 6.07) is 7.87. The number of halogens is 1. The number of nitrogens with zero attached hydrogens (tertiary/aromatic N) is 5. The van der Waals surface area contributed by atoms with Gasteiger partial charge in [-0.1, -0.05) is 29.8 Å². The lowest BCUT2D eigenvalue weighted by molar-refractivity contribution is 0.363. The van der Waals surface area contributed by atoms with Gasteiger partial charge in [0.05, 0.1) is 16.6 Å². The smallest absolute Gasteiger partial charge is 0.164 e. The Bertz CT molecular complexity index is 877. The van der Waals surface area contributed by atoms with Crippen molar-refractivity contribution >= 4 is 28.5 Å². The zero-order chi connectivity index (χ0) is 17.5. The zero-order valence-corrected chi connectivity index (χ0v) is 15.5. The van der Waals surface area contributed by atoms with Crippen LogP contribution >= 0.6 is 11.6 Å². The lowest BCUT2D eigenvalue weighted by Gasteiger charge is -2.20. The fourth-order valence-corrected chi connectivity index (χ4v) is 2.96. The summed E-state index contributed by atoms with van der Waals surface area (Å²) in [7, 11) is 3.96. The Kier molecular flexibility index (Phi) is 4.22. The van der Waals surface area contributed by atoms with E-state index in [-0.39, 0.29) is 5.54 Å². The summed E-state index contributed by atoms with van der Waals surface area (Å²) in [5, 5.41) is 6.60. The normalized spacial score (nSPS) is 11.9. The fourth-order valence-electron chi connectivity index (χ4n) is 2.76. The molecule has 0 unspecified atom stereocenters. The Morgan fingerprint density at radius 2 is 1.83 bits per heavy atom. The molecule has 0 radical (unpaired) electrons. The maximum atomic E-state index is 6.35. The number of hydrogen-bond acceptors (Lipinski definition) is 4. The molecule has 0 atom stereocenters. The molecule has 24 heavy (non-hydrogen) atoms. The third-order valence-electron chi connectivity index (χ3n) is 3.89. The van der Waals surface area contributed by atoms with Crippen molar-refractivity contribution in [2.45, 2.75) is 32.7 Å². The summed E-state index contributed by atoms with van der Waals surface area (Å²) in [6.07, 6.45) is 2.24. The molecule has 0 bridgehead atoms. The molecule has 2 heterocycles. The topological polar surface area (TPSA) is 46.8 Å². The van der Waals surface area contributed by atoms with Crippen LogP contribution in [0.25, 0.3) is 11.0 Å². The van der Waals surface area contributed by atoms with Gasteiger partial charge in [-0.3, -0.25) is 0 Å². The van der Waals surface area contributed by atoms with E-state index in [2.05, 4.69) is 30.7 Å². The molecule has 0 fully saturated rings. The van der Waals surface area contributed by atoms with Gasteiger partial charge in [0, 0.05) is 25.5 Å². The van der Waals surface area contributed by atoms with Crippen LogP contribution in [-0.2, 0) is 12.0 Å². The summed E-state index contributed by atoms with van der Waals surface area (Å²) >= 11 is 6.35. The largest absolute Gasteiger partial charge is 0.362 e. The van der Waals surface area contributed by atoms with E-state index in [0.29, 0.717) is 6.42 Å². The molecule has 3 rings (SSSR count). The summed E-state index contributed by atoms with van der Waals surface area (Å²) in [4.78, 5) is 11.0. The SMILES string of the molecule is CN(C)c1ncnc2c1c(Cc1ccccc1Cl)nn2C(C)(C)C. The standard InChI is InChI=1S/C18H22ClN5/c1-18(2,3)24-17-15(16(23(4)5)20-11-21-17)14(22-24)10-12-8-6-7-9-13(12)19/h6-9,11H,10H2,1-5H3. The van der Waals surface area contributed by atoms with Gasteiger partial charge in [-0.2, -0.15) is 5.10 Å². The molecular weight excluding hydrogens is 322 g/mol. The lowest BCUT2D eigenvalue weighted by atomic mass is 10.1. The van der Waals surface area contributed by atoms with Crippen LogP contribution in [-0.4, -0.2) is 33.8 Å². The van der Waals surface area contributed by atoms with E-state index < -0.39 is 0 Å². The highest BCUT2D eigenvalue weighted by atomic mass is 35.5. The minimum Gasteiger partial charge on any atom is -0.362 e. The molecule has 0 aliphatic rings. The number of fused-ring (bicyclic) bond motifs is 1. The van der Waals surface area contributed by atoms with Crippen molar-refractivity contribution in [3.63, 3.8) is 0 Å². The third-order valence-corrected chi connectivity index (χ3v) is 4.26. The van der Waals surface area contributed by atoms with Gasteiger partial charge in [0.25, 0.3) is 0 Å². The van der Waals surface area contributed by atoms with Gasteiger partial charge in [0.2, 0.25) is 0 Å². The second-order valence-electron chi connectivity index (χ2n) is 7.09. The zero-order valence-electron chi connectivity index (χ0n) is 14.7. The molecule has 1 aromatic carbocycles. The molecule has 0 saturated heterocycles. The number of rotatable bonds is 3. The Hall–Kier alpha value is -2.14. The molecule has 126 valence electrons. The molecule has 0 N–H and O–H groups in total. The van der Waals surface area contributed by atoms with E-state index in [0.717, 1.165) is 33.1 Å². The average molecular weight is 344 g/mol. The van der Waals surface area contributed by atoms with E-state index in [9.17, 15) is 0 Å². The molecule has 0 saturated carbocycles. The van der Waals surface area contributed by atoms with Gasteiger partial charge in [0.15, 0.2) is 5.65 Å². The van der Waals surface area contributed by atoms with Crippen LogP contribution in [0.2, 0.25) is 5.02 Å². The second kappa shape index (κ2) is 6.06. The van der Waals surface area contributed by atoms with Crippen molar-refractivity contribution in [2.24, 2.45) is 0 Å². The number of aromatic nitrogens is 4. The highest BCUT2D eigenvalue weighted by molar-refractivity contribution is 6.31. The van der Waals surface area contributed by atoms with Crippen molar-refractivity contribution in [3.8, 4) is 0 Å². The van der Waals surface area contributed by atoms with E-state index >= 15 is 0 Å². The molecule has 6 heteroatoms. The quantitative estimate of drug-likeness (QED) is 0.723. The average Bonchev–Trinajstić information content (AvgIpc) is 2.88. The van der Waals surface area contributed by atoms with Gasteiger partial charge in [-0.05, 0) is 32.4 Å². The van der Waals surface area contributed by atoms with E-state index in [1.165, 1.54) is 0 Å². The van der Waals surface area contributed by atoms with Gasteiger partial charge in [0.1, 0.15) is 12.1 Å². The van der Waals surface area contributed by atoms with Gasteiger partial charge in [-0.25, -0.2) is 14.6 Å². The first kappa shape index (κ1) is 16.7. The Labute approximate surface area is 147 Å². The first-order valence-corrected chi connectivity index (χ1v) is 8.30. The Morgan fingerprint density at radius 3 is 2.46 bits per heavy atom. The minimum absolute atomic E-state index is 0.172. The predicted octanol–water partition coefficient (Wildman–Crippen LogP) is 3.89. The van der Waals surface area contributed by atoms with Crippen LogP contribution in [0.4, 0.5) is 5.82 Å². The molecule has 3 aromatic rings. The monoisotopic (exact) mass is 343 g/mol. The predicted molar refractivity (Wildman–Crippen MR) is 98.9 cm³/mol. The highest BCUT2D eigenvalue weighted by Gasteiger charge is 2.24. The van der Waals surface area contributed by atoms with Crippen molar-refractivity contribution < 1.29 is 0 Å². The van der Waals surface area contributed by atoms with Crippen LogP contribution in [0.3, 0.4) is 0 Å². The fraction of sp³-hybridized carbons (Fsp3) is 0.389. The molecular formula is C18H22ClN5. The van der Waals surface area contributed by atoms with E-state index in [1.807, 2.05) is 47.9 Å². The summed E-state index contributed by atoms with van der Waals surface area (Å²) in [6.45, 7) is 6.36. The maximum Gasteiger partial charge on any atom is 0.164 e. The van der Waals surface area contributed by atoms with E-state index in [4.69, 9.17) is 16.7 Å². The minimum atomic E-state index is -0.172. The highest BCUT2D eigenvalue weighted by Crippen LogP contribution is 2.31. The number of anilines is 1. The number of benzene rings is 1. The molecule has 5 nitrogen and oxygen atoms in total. The van der Waals surface area contributed by atoms with Crippen LogP contribution in [0.1, 0.15) is 32.0 Å². The van der Waals surface area contributed by atoms with Gasteiger partial charge < -0.3 is 4.90 Å². The van der Waals surface area contributed by atoms with Crippen LogP contribution in [0.5, 0.6) is 0 Å². The van der Waals surface area contributed by atoms with Crippen molar-refractivity contribution in [1.82, 2.24) is 19.7 Å². The van der Waals surface area contributed by atoms with Gasteiger partial charge >= 0.3 is 0 Å². The molecule has 0 amide bonds. The molecule has 0 aliphatic carbocycles. The van der Waals surface area contributed by atoms with Crippen LogP contribution < -0.4 is 4.90 Å². The summed E-state index contributed by atoms with van der Waals surface area (Å²) < 4.78 is 1.98. The van der Waals surface area contributed by atoms with Crippen molar-refractivity contribution in [2.75, 3.05) is 19.0 Å². The first-order chi connectivity index (χ1) is 11.3. The number of hydrogen-bond donors (Lipinski definition) is 0. The third kappa shape index (κ3) is 2.96. The van der Waals surface area contributed by atoms with Crippen molar-refractivity contribution in [1.29, 1.82) is 0 Å². The van der Waals surface area contributed by atoms with Gasteiger partial charge in [-0.15, -0.1) is 0 Å². The molecule has 0 spiro atoms. The van der Waals surface area contributed by atoms with Crippen molar-refractivity contribution in [3.05, 3.63) is 46.9 Å². The maximum absolute atomic E-state index is 6.35. The molecule has 2 aromatic heterocycles. The lowest BCUT2D eigenvalue weighted by Crippen LogP contribution is -2.23. The summed E-state index contributed by atoms with van der Waals surface area (Å²) in [5.74, 6) is 0.873. The Balaban J connectivity index is 2.25. The van der Waals surface area contributed by atoms with E-state index in [1.54, 1.807) is 6.33 Å². The second-order valence-corrected chi connectivity index (χ2v) is 7.50. The first-order valence-electron chi connectivity index (χ1n) is 7.93. The van der Waals surface area contributed by atoms with Crippen LogP contribution in [0, 0.1) is 0 Å². The summed E-state index contributed by atoms with van der Waals surface area (Å²) in [5.41, 5.74) is 2.67. The Morgan fingerprint density at radius 1 is 1.12 bits per heavy atom. The molecule has 0 aliphatic heterocycles. The van der Waals surface area contributed by atoms with Crippen LogP contribution in [0.15, 0.2) is 30.6 Å².